The number of methoxy groups -OCH3 is 1. The van der Waals surface area contributed by atoms with Crippen molar-refractivity contribution in [1.82, 2.24) is 10.2 Å². The average Bonchev–Trinajstić information content (AvgIpc) is 3.01. The molecule has 0 fully saturated rings. The van der Waals surface area contributed by atoms with Crippen molar-refractivity contribution in [2.45, 2.75) is 18.8 Å². The van der Waals surface area contributed by atoms with Gasteiger partial charge in [-0.2, -0.15) is 0 Å². The number of halogens is 2. The quantitative estimate of drug-likeness (QED) is 0.565. The molecule has 28 heavy (non-hydrogen) atoms. The van der Waals surface area contributed by atoms with Crippen LogP contribution in [-0.2, 0) is 11.2 Å². The Labute approximate surface area is 165 Å². The van der Waals surface area contributed by atoms with Gasteiger partial charge in [-0.1, -0.05) is 29.8 Å². The third-order valence-electron chi connectivity index (χ3n) is 4.53. The van der Waals surface area contributed by atoms with E-state index in [9.17, 15) is 14.0 Å². The second-order valence-electron chi connectivity index (χ2n) is 6.39. The average molecular weight is 404 g/mol. The van der Waals surface area contributed by atoms with Crippen molar-refractivity contribution >= 4 is 17.5 Å². The number of carbonyl (C=O) groups is 1. The van der Waals surface area contributed by atoms with E-state index in [1.165, 1.54) is 12.1 Å². The molecule has 0 bridgehead atoms. The lowest BCUT2D eigenvalue weighted by molar-refractivity contribution is -0.118. The smallest absolute Gasteiger partial charge is 0.267 e. The number of aromatic amines is 2. The SMILES string of the molecule is COc1ccc(Cc2[nH][nH]c(=O)c2[C@H](CC(N)=O)c2ccc(F)cc2Cl)cc1. The van der Waals surface area contributed by atoms with E-state index in [1.807, 2.05) is 24.3 Å². The molecule has 0 saturated carbocycles. The summed E-state index contributed by atoms with van der Waals surface area (Å²) in [5, 5.41) is 5.55. The lowest BCUT2D eigenvalue weighted by atomic mass is 9.87. The molecule has 0 saturated heterocycles. The zero-order chi connectivity index (χ0) is 20.3. The normalized spacial score (nSPS) is 12.0. The van der Waals surface area contributed by atoms with Crippen LogP contribution in [0.3, 0.4) is 0 Å². The Kier molecular flexibility index (Phi) is 5.84. The summed E-state index contributed by atoms with van der Waals surface area (Å²) in [6.07, 6.45) is 0.272. The van der Waals surface area contributed by atoms with Gasteiger partial charge in [0, 0.05) is 35.0 Å². The molecule has 0 radical (unpaired) electrons. The van der Waals surface area contributed by atoms with Crippen molar-refractivity contribution in [3.05, 3.63) is 86.0 Å². The molecule has 0 aliphatic rings. The lowest BCUT2D eigenvalue weighted by Crippen LogP contribution is -2.21. The molecule has 3 aromatic rings. The van der Waals surface area contributed by atoms with E-state index in [0.29, 0.717) is 23.2 Å². The highest BCUT2D eigenvalue weighted by atomic mass is 35.5. The maximum absolute atomic E-state index is 13.5. The molecule has 146 valence electrons. The first kappa shape index (κ1) is 19.7. The van der Waals surface area contributed by atoms with E-state index in [0.717, 1.165) is 17.4 Å². The van der Waals surface area contributed by atoms with Crippen LogP contribution in [0.2, 0.25) is 5.02 Å². The second-order valence-corrected chi connectivity index (χ2v) is 6.79. The van der Waals surface area contributed by atoms with Gasteiger partial charge in [-0.3, -0.25) is 14.7 Å². The first-order valence-corrected chi connectivity index (χ1v) is 8.92. The van der Waals surface area contributed by atoms with Crippen molar-refractivity contribution < 1.29 is 13.9 Å². The number of amides is 1. The van der Waals surface area contributed by atoms with Gasteiger partial charge in [0.1, 0.15) is 11.6 Å². The molecular weight excluding hydrogens is 385 g/mol. The standard InChI is InChI=1S/C20H19ClFN3O3/c1-28-13-5-2-11(3-6-13)8-17-19(20(27)25-24-17)15(10-18(23)26)14-7-4-12(22)9-16(14)21/h2-7,9,15H,8,10H2,1H3,(H2,23,26)(H2,24,25,27)/t15-/m1/s1. The highest BCUT2D eigenvalue weighted by Crippen LogP contribution is 2.33. The van der Waals surface area contributed by atoms with Crippen molar-refractivity contribution in [3.63, 3.8) is 0 Å². The highest BCUT2D eigenvalue weighted by molar-refractivity contribution is 6.31. The first-order valence-electron chi connectivity index (χ1n) is 8.54. The number of rotatable bonds is 7. The van der Waals surface area contributed by atoms with Gasteiger partial charge in [-0.15, -0.1) is 0 Å². The maximum Gasteiger partial charge on any atom is 0.267 e. The molecule has 1 atom stereocenters. The number of aromatic nitrogens is 2. The molecule has 3 rings (SSSR count). The van der Waals surface area contributed by atoms with Crippen molar-refractivity contribution in [2.75, 3.05) is 7.11 Å². The number of benzene rings is 2. The fourth-order valence-corrected chi connectivity index (χ4v) is 3.51. The predicted octanol–water partition coefficient (Wildman–Crippen LogP) is 3.10. The van der Waals surface area contributed by atoms with Crippen LogP contribution in [-0.4, -0.2) is 23.2 Å². The molecule has 0 aliphatic heterocycles. The second kappa shape index (κ2) is 8.31. The molecular formula is C20H19ClFN3O3. The highest BCUT2D eigenvalue weighted by Gasteiger charge is 2.26. The van der Waals surface area contributed by atoms with Crippen LogP contribution in [0.4, 0.5) is 4.39 Å². The van der Waals surface area contributed by atoms with Crippen molar-refractivity contribution in [2.24, 2.45) is 5.73 Å². The minimum atomic E-state index is -0.700. The number of H-pyrrole nitrogens is 2. The Morgan fingerprint density at radius 1 is 1.21 bits per heavy atom. The number of nitrogens with two attached hydrogens (primary N) is 1. The molecule has 8 heteroatoms. The van der Waals surface area contributed by atoms with Crippen LogP contribution in [0.5, 0.6) is 5.75 Å². The van der Waals surface area contributed by atoms with Gasteiger partial charge < -0.3 is 15.6 Å². The molecule has 1 amide bonds. The molecule has 1 aromatic heterocycles. The molecule has 1 heterocycles. The first-order chi connectivity index (χ1) is 13.4. The third-order valence-corrected chi connectivity index (χ3v) is 4.86. The minimum Gasteiger partial charge on any atom is -0.497 e. The topological polar surface area (TPSA) is 101 Å². The van der Waals surface area contributed by atoms with Crippen molar-refractivity contribution in [1.29, 1.82) is 0 Å². The molecule has 6 nitrogen and oxygen atoms in total. The van der Waals surface area contributed by atoms with E-state index in [1.54, 1.807) is 7.11 Å². The Morgan fingerprint density at radius 3 is 2.54 bits per heavy atom. The van der Waals surface area contributed by atoms with Gasteiger partial charge in [0.2, 0.25) is 5.91 Å². The van der Waals surface area contributed by atoms with Crippen LogP contribution in [0.25, 0.3) is 0 Å². The number of hydrogen-bond acceptors (Lipinski definition) is 3. The van der Waals surface area contributed by atoms with Crippen LogP contribution >= 0.6 is 11.6 Å². The zero-order valence-corrected chi connectivity index (χ0v) is 15.8. The van der Waals surface area contributed by atoms with Gasteiger partial charge in [-0.05, 0) is 35.4 Å². The van der Waals surface area contributed by atoms with E-state index in [2.05, 4.69) is 10.2 Å². The van der Waals surface area contributed by atoms with Crippen LogP contribution in [0.15, 0.2) is 47.3 Å². The summed E-state index contributed by atoms with van der Waals surface area (Å²) in [5.74, 6) is -1.08. The largest absolute Gasteiger partial charge is 0.497 e. The number of ether oxygens (including phenoxy) is 1. The predicted molar refractivity (Wildman–Crippen MR) is 104 cm³/mol. The number of hydrogen-bond donors (Lipinski definition) is 3. The molecule has 0 spiro atoms. The molecule has 0 aliphatic carbocycles. The van der Waals surface area contributed by atoms with E-state index in [4.69, 9.17) is 22.1 Å². The fourth-order valence-electron chi connectivity index (χ4n) is 3.21. The van der Waals surface area contributed by atoms with E-state index >= 15 is 0 Å². The monoisotopic (exact) mass is 403 g/mol. The van der Waals surface area contributed by atoms with Crippen LogP contribution in [0.1, 0.15) is 34.7 Å². The van der Waals surface area contributed by atoms with Crippen molar-refractivity contribution in [3.8, 4) is 5.75 Å². The van der Waals surface area contributed by atoms with Gasteiger partial charge >= 0.3 is 0 Å². The number of carbonyl (C=O) groups excluding carboxylic acids is 1. The Balaban J connectivity index is 2.04. The summed E-state index contributed by atoms with van der Waals surface area (Å²) in [6, 6.07) is 11.2. The molecule has 0 unspecified atom stereocenters. The fraction of sp³-hybridized carbons (Fsp3) is 0.200. The van der Waals surface area contributed by atoms with Crippen LogP contribution in [0, 0.1) is 5.82 Å². The zero-order valence-electron chi connectivity index (χ0n) is 15.1. The van der Waals surface area contributed by atoms with Gasteiger partial charge in [0.15, 0.2) is 0 Å². The number of primary amides is 1. The summed E-state index contributed by atoms with van der Waals surface area (Å²) < 4.78 is 18.6. The lowest BCUT2D eigenvalue weighted by Gasteiger charge is -2.17. The van der Waals surface area contributed by atoms with E-state index < -0.39 is 17.6 Å². The summed E-state index contributed by atoms with van der Waals surface area (Å²) in [5.41, 5.74) is 7.37. The Hall–Kier alpha value is -3.06. The Morgan fingerprint density at radius 2 is 1.93 bits per heavy atom. The van der Waals surface area contributed by atoms with Crippen LogP contribution < -0.4 is 16.0 Å². The molecule has 4 N–H and O–H groups in total. The maximum atomic E-state index is 13.5. The minimum absolute atomic E-state index is 0.127. The van der Waals surface area contributed by atoms with Gasteiger partial charge in [0.05, 0.1) is 7.11 Å². The third kappa shape index (κ3) is 4.26. The van der Waals surface area contributed by atoms with Gasteiger partial charge in [0.25, 0.3) is 5.56 Å². The summed E-state index contributed by atoms with van der Waals surface area (Å²) in [4.78, 5) is 24.2. The van der Waals surface area contributed by atoms with E-state index in [-0.39, 0.29) is 17.0 Å². The summed E-state index contributed by atoms with van der Waals surface area (Å²) in [6.45, 7) is 0. The van der Waals surface area contributed by atoms with Gasteiger partial charge in [-0.25, -0.2) is 4.39 Å². The molecule has 2 aromatic carbocycles. The number of nitrogens with one attached hydrogen (secondary N) is 2. The Bertz CT molecular complexity index is 1040. The summed E-state index contributed by atoms with van der Waals surface area (Å²) >= 11 is 6.19. The summed E-state index contributed by atoms with van der Waals surface area (Å²) in [7, 11) is 1.58.